The highest BCUT2D eigenvalue weighted by atomic mass is 35.5. The van der Waals surface area contributed by atoms with Crippen LogP contribution >= 0.6 is 11.6 Å². The van der Waals surface area contributed by atoms with Gasteiger partial charge in [0, 0.05) is 10.7 Å². The maximum Gasteiger partial charge on any atom is 0.237 e. The first-order valence-electron chi connectivity index (χ1n) is 6.33. The molecule has 0 unspecified atom stereocenters. The third-order valence-electron chi connectivity index (χ3n) is 3.31. The van der Waals surface area contributed by atoms with Gasteiger partial charge in [0.25, 0.3) is 0 Å². The molecule has 4 nitrogen and oxygen atoms in total. The average Bonchev–Trinajstić information content (AvgIpc) is 2.88. The molecule has 0 saturated heterocycles. The van der Waals surface area contributed by atoms with E-state index in [0.29, 0.717) is 27.9 Å². The summed E-state index contributed by atoms with van der Waals surface area (Å²) in [5, 5.41) is 9.76. The third kappa shape index (κ3) is 2.28. The van der Waals surface area contributed by atoms with Crippen molar-refractivity contribution in [2.24, 2.45) is 0 Å². The predicted molar refractivity (Wildman–Crippen MR) is 76.9 cm³/mol. The monoisotopic (exact) mass is 285 g/mol. The summed E-state index contributed by atoms with van der Waals surface area (Å²) in [7, 11) is 0. The van der Waals surface area contributed by atoms with E-state index < -0.39 is 0 Å². The molecule has 1 aliphatic carbocycles. The standard InChI is InChI=1S/C15H12ClN3O/c16-11-4-5-14(12(18)7-11)20-15-10(8-17)6-9-2-1-3-13(9)19-15/h4-7H,1-3,18H2. The van der Waals surface area contributed by atoms with Gasteiger partial charge in [-0.15, -0.1) is 0 Å². The lowest BCUT2D eigenvalue weighted by atomic mass is 10.1. The smallest absolute Gasteiger partial charge is 0.237 e. The molecule has 0 spiro atoms. The summed E-state index contributed by atoms with van der Waals surface area (Å²) >= 11 is 5.85. The number of rotatable bonds is 2. The van der Waals surface area contributed by atoms with E-state index in [4.69, 9.17) is 22.1 Å². The van der Waals surface area contributed by atoms with E-state index >= 15 is 0 Å². The molecule has 1 aromatic heterocycles. The number of nitrogens with zero attached hydrogens (tertiary/aromatic N) is 2. The number of anilines is 1. The van der Waals surface area contributed by atoms with Gasteiger partial charge in [-0.25, -0.2) is 4.98 Å². The van der Waals surface area contributed by atoms with Gasteiger partial charge in [-0.3, -0.25) is 0 Å². The fourth-order valence-electron chi connectivity index (χ4n) is 2.33. The van der Waals surface area contributed by atoms with Gasteiger partial charge in [0.05, 0.1) is 5.69 Å². The van der Waals surface area contributed by atoms with Crippen LogP contribution in [0.3, 0.4) is 0 Å². The number of pyridine rings is 1. The normalized spacial score (nSPS) is 12.8. The van der Waals surface area contributed by atoms with E-state index in [0.717, 1.165) is 30.5 Å². The van der Waals surface area contributed by atoms with Crippen molar-refractivity contribution in [2.75, 3.05) is 5.73 Å². The lowest BCUT2D eigenvalue weighted by Gasteiger charge is -2.10. The molecule has 1 aromatic carbocycles. The summed E-state index contributed by atoms with van der Waals surface area (Å²) in [5.74, 6) is 0.763. The molecule has 20 heavy (non-hydrogen) atoms. The molecule has 2 aromatic rings. The lowest BCUT2D eigenvalue weighted by Crippen LogP contribution is -1.99. The van der Waals surface area contributed by atoms with Gasteiger partial charge < -0.3 is 10.5 Å². The van der Waals surface area contributed by atoms with Gasteiger partial charge in [-0.2, -0.15) is 5.26 Å². The topological polar surface area (TPSA) is 71.9 Å². The maximum absolute atomic E-state index is 9.22. The number of halogens is 1. The lowest BCUT2D eigenvalue weighted by molar-refractivity contribution is 0.461. The number of nitrogens with two attached hydrogens (primary N) is 1. The summed E-state index contributed by atoms with van der Waals surface area (Å²) in [6.07, 6.45) is 2.97. The molecule has 100 valence electrons. The van der Waals surface area contributed by atoms with E-state index in [1.165, 1.54) is 0 Å². The van der Waals surface area contributed by atoms with Crippen molar-refractivity contribution in [3.8, 4) is 17.7 Å². The van der Waals surface area contributed by atoms with E-state index in [1.54, 1.807) is 18.2 Å². The highest BCUT2D eigenvalue weighted by Crippen LogP contribution is 2.32. The molecule has 1 aliphatic rings. The highest BCUT2D eigenvalue weighted by molar-refractivity contribution is 6.30. The van der Waals surface area contributed by atoms with Gasteiger partial charge in [0.2, 0.25) is 5.88 Å². The Morgan fingerprint density at radius 1 is 1.30 bits per heavy atom. The second-order valence-electron chi connectivity index (χ2n) is 4.70. The molecule has 0 radical (unpaired) electrons. The quantitative estimate of drug-likeness (QED) is 0.858. The number of nitrogen functional groups attached to an aromatic ring is 1. The minimum Gasteiger partial charge on any atom is -0.436 e. The SMILES string of the molecule is N#Cc1cc2c(nc1Oc1ccc(Cl)cc1N)CCC2. The number of aryl methyl sites for hydroxylation is 2. The largest absolute Gasteiger partial charge is 0.436 e. The van der Waals surface area contributed by atoms with Gasteiger partial charge in [-0.05, 0) is 49.1 Å². The molecule has 0 aliphatic heterocycles. The number of nitriles is 1. The van der Waals surface area contributed by atoms with Crippen LogP contribution in [0.1, 0.15) is 23.2 Å². The fraction of sp³-hybridized carbons (Fsp3) is 0.200. The average molecular weight is 286 g/mol. The van der Waals surface area contributed by atoms with Crippen LogP contribution in [0.25, 0.3) is 0 Å². The Hall–Kier alpha value is -2.25. The Morgan fingerprint density at radius 3 is 2.90 bits per heavy atom. The number of fused-ring (bicyclic) bond motifs is 1. The van der Waals surface area contributed by atoms with E-state index in [-0.39, 0.29) is 0 Å². The summed E-state index contributed by atoms with van der Waals surface area (Å²) in [4.78, 5) is 4.45. The van der Waals surface area contributed by atoms with E-state index in [9.17, 15) is 5.26 Å². The van der Waals surface area contributed by atoms with Gasteiger partial charge in [0.15, 0.2) is 5.75 Å². The van der Waals surface area contributed by atoms with Crippen LogP contribution in [0.5, 0.6) is 11.6 Å². The van der Waals surface area contributed by atoms with Gasteiger partial charge >= 0.3 is 0 Å². The van der Waals surface area contributed by atoms with Crippen molar-refractivity contribution in [1.82, 2.24) is 4.98 Å². The predicted octanol–water partition coefficient (Wildman–Crippen LogP) is 3.47. The molecule has 0 atom stereocenters. The van der Waals surface area contributed by atoms with Crippen LogP contribution in [0.2, 0.25) is 5.02 Å². The summed E-state index contributed by atoms with van der Waals surface area (Å²) in [6, 6.07) is 8.95. The van der Waals surface area contributed by atoms with Crippen LogP contribution in [-0.4, -0.2) is 4.98 Å². The van der Waals surface area contributed by atoms with Crippen molar-refractivity contribution < 1.29 is 4.74 Å². The van der Waals surface area contributed by atoms with Crippen molar-refractivity contribution >= 4 is 17.3 Å². The van der Waals surface area contributed by atoms with Crippen LogP contribution in [0, 0.1) is 11.3 Å². The molecule has 3 rings (SSSR count). The summed E-state index contributed by atoms with van der Waals surface area (Å²) in [5.41, 5.74) is 8.85. The van der Waals surface area contributed by atoms with Crippen molar-refractivity contribution in [2.45, 2.75) is 19.3 Å². The number of aromatic nitrogens is 1. The molecule has 0 fully saturated rings. The second kappa shape index (κ2) is 5.03. The fourth-order valence-corrected chi connectivity index (χ4v) is 2.51. The summed E-state index contributed by atoms with van der Waals surface area (Å²) in [6.45, 7) is 0. The van der Waals surface area contributed by atoms with Gasteiger partial charge in [0.1, 0.15) is 11.6 Å². The van der Waals surface area contributed by atoms with Crippen LogP contribution < -0.4 is 10.5 Å². The van der Waals surface area contributed by atoms with Gasteiger partial charge in [-0.1, -0.05) is 11.6 Å². The Balaban J connectivity index is 2.00. The zero-order valence-electron chi connectivity index (χ0n) is 10.7. The first-order valence-corrected chi connectivity index (χ1v) is 6.71. The van der Waals surface area contributed by atoms with Crippen LogP contribution in [0.15, 0.2) is 24.3 Å². The molecular formula is C15H12ClN3O. The molecule has 1 heterocycles. The molecular weight excluding hydrogens is 274 g/mol. The Bertz CT molecular complexity index is 722. The third-order valence-corrected chi connectivity index (χ3v) is 3.55. The van der Waals surface area contributed by atoms with Crippen LogP contribution in [-0.2, 0) is 12.8 Å². The molecule has 2 N–H and O–H groups in total. The highest BCUT2D eigenvalue weighted by Gasteiger charge is 2.18. The Labute approximate surface area is 121 Å². The van der Waals surface area contributed by atoms with Crippen molar-refractivity contribution in [3.63, 3.8) is 0 Å². The zero-order chi connectivity index (χ0) is 14.1. The maximum atomic E-state index is 9.22. The molecule has 0 amide bonds. The number of ether oxygens (including phenoxy) is 1. The van der Waals surface area contributed by atoms with Crippen LogP contribution in [0.4, 0.5) is 5.69 Å². The van der Waals surface area contributed by atoms with Crippen molar-refractivity contribution in [3.05, 3.63) is 46.1 Å². The van der Waals surface area contributed by atoms with E-state index in [1.807, 2.05) is 6.07 Å². The Kier molecular flexibility index (Phi) is 3.21. The first kappa shape index (κ1) is 12.8. The number of benzene rings is 1. The molecule has 0 saturated carbocycles. The minimum absolute atomic E-state index is 0.308. The van der Waals surface area contributed by atoms with E-state index in [2.05, 4.69) is 11.1 Å². The summed E-state index contributed by atoms with van der Waals surface area (Å²) < 4.78 is 5.69. The second-order valence-corrected chi connectivity index (χ2v) is 5.13. The minimum atomic E-state index is 0.308. The number of hydrogen-bond acceptors (Lipinski definition) is 4. The Morgan fingerprint density at radius 2 is 2.15 bits per heavy atom. The number of hydrogen-bond donors (Lipinski definition) is 1. The molecule has 0 bridgehead atoms. The molecule has 5 heteroatoms. The zero-order valence-corrected chi connectivity index (χ0v) is 11.4. The first-order chi connectivity index (χ1) is 9.67. The van der Waals surface area contributed by atoms with Crippen molar-refractivity contribution in [1.29, 1.82) is 5.26 Å².